The van der Waals surface area contributed by atoms with Crippen LogP contribution in [-0.2, 0) is 20.7 Å². The van der Waals surface area contributed by atoms with Crippen molar-refractivity contribution in [2.75, 3.05) is 59.0 Å². The number of carbonyl (C=O) groups excluding carboxylic acids is 2. The fourth-order valence-corrected chi connectivity index (χ4v) is 3.44. The molecule has 2 amide bonds. The van der Waals surface area contributed by atoms with E-state index in [-0.39, 0.29) is 11.8 Å². The molecule has 0 aliphatic carbocycles. The SMILES string of the molecule is O=C(CCc1ccc(Cl)cc1)N1CCN(C(=O)CN2CCOCC2)CC1. The van der Waals surface area contributed by atoms with Gasteiger partial charge >= 0.3 is 0 Å². The van der Waals surface area contributed by atoms with Gasteiger partial charge in [0, 0.05) is 50.7 Å². The van der Waals surface area contributed by atoms with E-state index < -0.39 is 0 Å². The predicted octanol–water partition coefficient (Wildman–Crippen LogP) is 1.28. The summed E-state index contributed by atoms with van der Waals surface area (Å²) in [7, 11) is 0. The Morgan fingerprint density at radius 3 is 2.08 bits per heavy atom. The highest BCUT2D eigenvalue weighted by molar-refractivity contribution is 6.30. The summed E-state index contributed by atoms with van der Waals surface area (Å²) in [6.45, 7) is 5.96. The quantitative estimate of drug-likeness (QED) is 0.773. The van der Waals surface area contributed by atoms with E-state index in [1.54, 1.807) is 0 Å². The summed E-state index contributed by atoms with van der Waals surface area (Å²) in [5.74, 6) is 0.306. The molecule has 0 aromatic heterocycles. The molecule has 2 aliphatic rings. The zero-order valence-electron chi connectivity index (χ0n) is 15.0. The van der Waals surface area contributed by atoms with Crippen LogP contribution in [0.2, 0.25) is 5.02 Å². The van der Waals surface area contributed by atoms with E-state index in [9.17, 15) is 9.59 Å². The summed E-state index contributed by atoms with van der Waals surface area (Å²) in [4.78, 5) is 30.7. The van der Waals surface area contributed by atoms with Crippen LogP contribution >= 0.6 is 11.6 Å². The van der Waals surface area contributed by atoms with Crippen LogP contribution in [0.3, 0.4) is 0 Å². The maximum atomic E-state index is 12.4. The van der Waals surface area contributed by atoms with Crippen LogP contribution < -0.4 is 0 Å². The standard InChI is InChI=1S/C19H26ClN3O3/c20-17-4-1-16(2-5-17)3-6-18(24)22-7-9-23(10-8-22)19(25)15-21-11-13-26-14-12-21/h1-2,4-5H,3,6-15H2. The van der Waals surface area contributed by atoms with Crippen LogP contribution in [0.25, 0.3) is 0 Å². The van der Waals surface area contributed by atoms with Gasteiger partial charge in [-0.2, -0.15) is 0 Å². The first-order chi connectivity index (χ1) is 12.6. The second-order valence-corrected chi connectivity index (χ2v) is 7.21. The Bertz CT molecular complexity index is 609. The summed E-state index contributed by atoms with van der Waals surface area (Å²) in [5.41, 5.74) is 1.11. The number of hydrogen-bond donors (Lipinski definition) is 0. The van der Waals surface area contributed by atoms with Crippen LogP contribution in [0.15, 0.2) is 24.3 Å². The smallest absolute Gasteiger partial charge is 0.236 e. The molecule has 0 saturated carbocycles. The number of amides is 2. The van der Waals surface area contributed by atoms with E-state index in [0.29, 0.717) is 63.8 Å². The minimum Gasteiger partial charge on any atom is -0.379 e. The third-order valence-corrected chi connectivity index (χ3v) is 5.24. The lowest BCUT2D eigenvalue weighted by Gasteiger charge is -2.36. The number of piperazine rings is 1. The van der Waals surface area contributed by atoms with Crippen molar-refractivity contribution < 1.29 is 14.3 Å². The first-order valence-corrected chi connectivity index (χ1v) is 9.60. The van der Waals surface area contributed by atoms with Gasteiger partial charge in [0.05, 0.1) is 19.8 Å². The molecule has 0 N–H and O–H groups in total. The van der Waals surface area contributed by atoms with Crippen molar-refractivity contribution in [2.45, 2.75) is 12.8 Å². The van der Waals surface area contributed by atoms with E-state index in [1.165, 1.54) is 0 Å². The molecule has 0 radical (unpaired) electrons. The minimum atomic E-state index is 0.153. The third-order valence-electron chi connectivity index (χ3n) is 4.99. The Kier molecular flexibility index (Phi) is 6.88. The van der Waals surface area contributed by atoms with Crippen molar-refractivity contribution in [1.82, 2.24) is 14.7 Å². The zero-order valence-corrected chi connectivity index (χ0v) is 15.8. The fraction of sp³-hybridized carbons (Fsp3) is 0.579. The fourth-order valence-electron chi connectivity index (χ4n) is 3.32. The Morgan fingerprint density at radius 1 is 0.885 bits per heavy atom. The van der Waals surface area contributed by atoms with Gasteiger partial charge in [-0.05, 0) is 24.1 Å². The third kappa shape index (κ3) is 5.43. The summed E-state index contributed by atoms with van der Waals surface area (Å²) in [6.07, 6.45) is 1.20. The predicted molar refractivity (Wildman–Crippen MR) is 100 cm³/mol. The number of hydrogen-bond acceptors (Lipinski definition) is 4. The van der Waals surface area contributed by atoms with Crippen molar-refractivity contribution in [2.24, 2.45) is 0 Å². The molecular weight excluding hydrogens is 354 g/mol. The van der Waals surface area contributed by atoms with Crippen molar-refractivity contribution in [3.8, 4) is 0 Å². The highest BCUT2D eigenvalue weighted by Gasteiger charge is 2.25. The van der Waals surface area contributed by atoms with Gasteiger partial charge in [-0.25, -0.2) is 0 Å². The molecule has 2 fully saturated rings. The molecule has 1 aromatic carbocycles. The van der Waals surface area contributed by atoms with Crippen LogP contribution in [0, 0.1) is 0 Å². The van der Waals surface area contributed by atoms with Gasteiger partial charge in [0.15, 0.2) is 0 Å². The Labute approximate surface area is 159 Å². The summed E-state index contributed by atoms with van der Waals surface area (Å²) >= 11 is 5.88. The van der Waals surface area contributed by atoms with Crippen LogP contribution in [0.4, 0.5) is 0 Å². The van der Waals surface area contributed by atoms with Gasteiger partial charge in [-0.15, -0.1) is 0 Å². The van der Waals surface area contributed by atoms with Crippen LogP contribution in [0.1, 0.15) is 12.0 Å². The highest BCUT2D eigenvalue weighted by atomic mass is 35.5. The molecule has 2 saturated heterocycles. The molecule has 142 valence electrons. The molecule has 1 aromatic rings. The number of carbonyl (C=O) groups is 2. The molecule has 7 heteroatoms. The largest absolute Gasteiger partial charge is 0.379 e. The van der Waals surface area contributed by atoms with E-state index >= 15 is 0 Å². The first kappa shape index (κ1) is 19.1. The topological polar surface area (TPSA) is 53.1 Å². The molecule has 2 heterocycles. The van der Waals surface area contributed by atoms with E-state index in [4.69, 9.17) is 16.3 Å². The summed E-state index contributed by atoms with van der Waals surface area (Å²) in [6, 6.07) is 7.61. The number of benzene rings is 1. The molecule has 0 atom stereocenters. The van der Waals surface area contributed by atoms with Crippen molar-refractivity contribution in [3.05, 3.63) is 34.9 Å². The number of nitrogens with zero attached hydrogens (tertiary/aromatic N) is 3. The lowest BCUT2D eigenvalue weighted by atomic mass is 10.1. The average molecular weight is 380 g/mol. The number of rotatable bonds is 5. The normalized spacial score (nSPS) is 18.8. The van der Waals surface area contributed by atoms with Crippen molar-refractivity contribution in [1.29, 1.82) is 0 Å². The van der Waals surface area contributed by atoms with Gasteiger partial charge in [0.2, 0.25) is 11.8 Å². The van der Waals surface area contributed by atoms with Gasteiger partial charge in [0.1, 0.15) is 0 Å². The Hall–Kier alpha value is -1.63. The molecule has 2 aliphatic heterocycles. The van der Waals surface area contributed by atoms with Crippen molar-refractivity contribution in [3.63, 3.8) is 0 Å². The number of halogens is 1. The van der Waals surface area contributed by atoms with Gasteiger partial charge in [-0.1, -0.05) is 23.7 Å². The Morgan fingerprint density at radius 2 is 1.46 bits per heavy atom. The molecule has 0 unspecified atom stereocenters. The number of ether oxygens (including phenoxy) is 1. The molecule has 6 nitrogen and oxygen atoms in total. The number of morpholine rings is 1. The molecule has 0 bridgehead atoms. The Balaban J connectivity index is 1.39. The van der Waals surface area contributed by atoms with Crippen molar-refractivity contribution >= 4 is 23.4 Å². The maximum absolute atomic E-state index is 12.4. The zero-order chi connectivity index (χ0) is 18.4. The van der Waals surface area contributed by atoms with Gasteiger partial charge in [-0.3, -0.25) is 14.5 Å². The lowest BCUT2D eigenvalue weighted by Crippen LogP contribution is -2.53. The van der Waals surface area contributed by atoms with Gasteiger partial charge < -0.3 is 14.5 Å². The van der Waals surface area contributed by atoms with Gasteiger partial charge in [0.25, 0.3) is 0 Å². The molecule has 3 rings (SSSR count). The van der Waals surface area contributed by atoms with Crippen LogP contribution in [-0.4, -0.2) is 85.5 Å². The van der Waals surface area contributed by atoms with E-state index in [0.717, 1.165) is 18.7 Å². The second-order valence-electron chi connectivity index (χ2n) is 6.78. The minimum absolute atomic E-state index is 0.153. The molecular formula is C19H26ClN3O3. The molecule has 26 heavy (non-hydrogen) atoms. The highest BCUT2D eigenvalue weighted by Crippen LogP contribution is 2.12. The first-order valence-electron chi connectivity index (χ1n) is 9.22. The molecule has 0 spiro atoms. The summed E-state index contributed by atoms with van der Waals surface area (Å²) < 4.78 is 5.31. The van der Waals surface area contributed by atoms with Crippen LogP contribution in [0.5, 0.6) is 0 Å². The number of aryl methyl sites for hydroxylation is 1. The van der Waals surface area contributed by atoms with E-state index in [1.807, 2.05) is 34.1 Å². The second kappa shape index (κ2) is 9.35. The summed E-state index contributed by atoms with van der Waals surface area (Å²) in [5, 5.41) is 0.706. The average Bonchev–Trinajstić information content (AvgIpc) is 2.68. The van der Waals surface area contributed by atoms with E-state index in [2.05, 4.69) is 4.90 Å². The lowest BCUT2D eigenvalue weighted by molar-refractivity contribution is -0.140. The maximum Gasteiger partial charge on any atom is 0.236 e. The monoisotopic (exact) mass is 379 g/mol.